The van der Waals surface area contributed by atoms with Crippen LogP contribution in [0.4, 0.5) is 0 Å². The summed E-state index contributed by atoms with van der Waals surface area (Å²) in [5.41, 5.74) is 0. The summed E-state index contributed by atoms with van der Waals surface area (Å²) in [6.07, 6.45) is 0. The van der Waals surface area contributed by atoms with Crippen molar-refractivity contribution in [2.75, 3.05) is 0 Å². The number of ether oxygens (including phenoxy) is 3. The molecule has 42 heavy (non-hydrogen) atoms. The van der Waals surface area contributed by atoms with Gasteiger partial charge in [-0.3, -0.25) is 0 Å². The fourth-order valence-corrected chi connectivity index (χ4v) is 3.48. The van der Waals surface area contributed by atoms with Gasteiger partial charge in [-0.15, -0.1) is 0 Å². The molecular weight excluding hydrogens is 528 g/mol. The Hall–Kier alpha value is -5.88. The minimum absolute atomic E-state index is 0.149. The topological polar surface area (TPSA) is 88.4 Å². The number of phenols is 3. The zero-order valence-corrected chi connectivity index (χ0v) is 22.7. The molecule has 6 nitrogen and oxygen atoms in total. The van der Waals surface area contributed by atoms with Crippen molar-refractivity contribution in [1.29, 1.82) is 0 Å². The molecule has 0 unspecified atom stereocenters. The lowest BCUT2D eigenvalue weighted by molar-refractivity contribution is 0.411. The molecule has 0 aliphatic heterocycles. The zero-order valence-electron chi connectivity index (χ0n) is 22.7. The summed E-state index contributed by atoms with van der Waals surface area (Å²) < 4.78 is 16.4. The molecular formula is C36H30O6. The molecule has 0 amide bonds. The first-order valence-electron chi connectivity index (χ1n) is 13.1. The second-order valence-electron chi connectivity index (χ2n) is 8.65. The minimum Gasteiger partial charge on any atom is -0.504 e. The first-order valence-corrected chi connectivity index (χ1v) is 13.1. The molecule has 6 rings (SSSR count). The summed E-state index contributed by atoms with van der Waals surface area (Å²) >= 11 is 0. The van der Waals surface area contributed by atoms with Gasteiger partial charge in [-0.2, -0.15) is 0 Å². The monoisotopic (exact) mass is 558 g/mol. The van der Waals surface area contributed by atoms with Gasteiger partial charge in [0.15, 0.2) is 34.5 Å². The highest BCUT2D eigenvalue weighted by molar-refractivity contribution is 5.43. The van der Waals surface area contributed by atoms with Crippen LogP contribution in [0, 0.1) is 0 Å². The minimum atomic E-state index is 0.149. The number of rotatable bonds is 6. The van der Waals surface area contributed by atoms with E-state index in [9.17, 15) is 15.3 Å². The first-order chi connectivity index (χ1) is 20.6. The van der Waals surface area contributed by atoms with E-state index in [0.29, 0.717) is 34.5 Å². The SMILES string of the molecule is Oc1ccccc1Oc1ccccc1.Oc1ccccc1Oc1ccccc1.Oc1ccccc1Oc1ccccc1. The Morgan fingerprint density at radius 2 is 0.476 bits per heavy atom. The van der Waals surface area contributed by atoms with Crippen LogP contribution in [-0.4, -0.2) is 15.3 Å². The van der Waals surface area contributed by atoms with Crippen LogP contribution in [0.3, 0.4) is 0 Å². The van der Waals surface area contributed by atoms with Gasteiger partial charge in [0.05, 0.1) is 0 Å². The molecule has 0 fully saturated rings. The van der Waals surface area contributed by atoms with Gasteiger partial charge in [0.1, 0.15) is 17.2 Å². The third kappa shape index (κ3) is 9.39. The predicted octanol–water partition coefficient (Wildman–Crippen LogP) is 9.55. The van der Waals surface area contributed by atoms with E-state index in [1.165, 1.54) is 0 Å². The molecule has 0 saturated carbocycles. The van der Waals surface area contributed by atoms with Crippen LogP contribution in [-0.2, 0) is 0 Å². The molecule has 3 N–H and O–H groups in total. The van der Waals surface area contributed by atoms with Gasteiger partial charge in [-0.1, -0.05) is 91.0 Å². The van der Waals surface area contributed by atoms with Crippen molar-refractivity contribution in [3.05, 3.63) is 164 Å². The molecule has 0 bridgehead atoms. The van der Waals surface area contributed by atoms with E-state index in [4.69, 9.17) is 14.2 Å². The van der Waals surface area contributed by atoms with Crippen LogP contribution in [0.15, 0.2) is 164 Å². The van der Waals surface area contributed by atoms with Crippen molar-refractivity contribution < 1.29 is 29.5 Å². The van der Waals surface area contributed by atoms with E-state index < -0.39 is 0 Å². The van der Waals surface area contributed by atoms with Crippen LogP contribution in [0.2, 0.25) is 0 Å². The first kappa shape index (κ1) is 29.1. The van der Waals surface area contributed by atoms with E-state index in [-0.39, 0.29) is 17.2 Å². The Bertz CT molecular complexity index is 1430. The van der Waals surface area contributed by atoms with Crippen molar-refractivity contribution in [2.24, 2.45) is 0 Å². The van der Waals surface area contributed by atoms with Gasteiger partial charge in [0.2, 0.25) is 0 Å². The third-order valence-corrected chi connectivity index (χ3v) is 5.51. The van der Waals surface area contributed by atoms with Gasteiger partial charge in [-0.25, -0.2) is 0 Å². The van der Waals surface area contributed by atoms with Crippen LogP contribution in [0.1, 0.15) is 0 Å². The van der Waals surface area contributed by atoms with Gasteiger partial charge >= 0.3 is 0 Å². The molecule has 0 atom stereocenters. The molecule has 0 aliphatic rings. The van der Waals surface area contributed by atoms with E-state index in [1.54, 1.807) is 54.6 Å². The van der Waals surface area contributed by atoms with E-state index in [2.05, 4.69) is 0 Å². The molecule has 6 heteroatoms. The fraction of sp³-hybridized carbons (Fsp3) is 0. The van der Waals surface area contributed by atoms with Gasteiger partial charge < -0.3 is 29.5 Å². The highest BCUT2D eigenvalue weighted by Crippen LogP contribution is 2.31. The predicted molar refractivity (Wildman–Crippen MR) is 164 cm³/mol. The highest BCUT2D eigenvalue weighted by atomic mass is 16.5. The lowest BCUT2D eigenvalue weighted by Crippen LogP contribution is -1.83. The Labute approximate surface area is 244 Å². The van der Waals surface area contributed by atoms with Crippen LogP contribution in [0.5, 0.6) is 51.7 Å². The highest BCUT2D eigenvalue weighted by Gasteiger charge is 2.02. The van der Waals surface area contributed by atoms with Gasteiger partial charge in [0, 0.05) is 0 Å². The summed E-state index contributed by atoms with van der Waals surface area (Å²) in [4.78, 5) is 0. The number of para-hydroxylation sites is 9. The second-order valence-corrected chi connectivity index (χ2v) is 8.65. The quantitative estimate of drug-likeness (QED) is 0.189. The smallest absolute Gasteiger partial charge is 0.169 e. The fourth-order valence-electron chi connectivity index (χ4n) is 3.48. The summed E-state index contributed by atoms with van der Waals surface area (Å²) in [6, 6.07) is 48.8. The average Bonchev–Trinajstić information content (AvgIpc) is 3.03. The summed E-state index contributed by atoms with van der Waals surface area (Å²) in [7, 11) is 0. The van der Waals surface area contributed by atoms with Crippen LogP contribution < -0.4 is 14.2 Å². The Kier molecular flexibility index (Phi) is 10.8. The van der Waals surface area contributed by atoms with Crippen molar-refractivity contribution in [2.45, 2.75) is 0 Å². The molecule has 0 aromatic heterocycles. The normalized spacial score (nSPS) is 9.71. The van der Waals surface area contributed by atoms with Crippen molar-refractivity contribution >= 4 is 0 Å². The third-order valence-electron chi connectivity index (χ3n) is 5.51. The second kappa shape index (κ2) is 15.6. The maximum atomic E-state index is 9.45. The van der Waals surface area contributed by atoms with Gasteiger partial charge in [-0.05, 0) is 72.8 Å². The zero-order chi connectivity index (χ0) is 29.4. The van der Waals surface area contributed by atoms with Crippen molar-refractivity contribution in [3.8, 4) is 51.7 Å². The standard InChI is InChI=1S/3C12H10O2/c3*13-11-8-4-5-9-12(11)14-10-6-2-1-3-7-10/h3*1-9,13H. The number of benzene rings is 6. The lowest BCUT2D eigenvalue weighted by atomic mass is 10.3. The maximum Gasteiger partial charge on any atom is 0.169 e. The lowest BCUT2D eigenvalue weighted by Gasteiger charge is -2.06. The number of hydrogen-bond acceptors (Lipinski definition) is 6. The summed E-state index contributed by atoms with van der Waals surface area (Å²) in [5, 5.41) is 28.3. The van der Waals surface area contributed by atoms with E-state index in [0.717, 1.165) is 0 Å². The molecule has 6 aromatic rings. The van der Waals surface area contributed by atoms with Crippen LogP contribution >= 0.6 is 0 Å². The molecule has 210 valence electrons. The number of aromatic hydroxyl groups is 3. The Balaban J connectivity index is 0.000000145. The van der Waals surface area contributed by atoms with Crippen molar-refractivity contribution in [1.82, 2.24) is 0 Å². The summed E-state index contributed by atoms with van der Waals surface area (Å²) in [6.45, 7) is 0. The van der Waals surface area contributed by atoms with E-state index in [1.807, 2.05) is 109 Å². The molecule has 0 saturated heterocycles. The van der Waals surface area contributed by atoms with Crippen LogP contribution in [0.25, 0.3) is 0 Å². The molecule has 0 heterocycles. The van der Waals surface area contributed by atoms with Crippen molar-refractivity contribution in [3.63, 3.8) is 0 Å². The largest absolute Gasteiger partial charge is 0.504 e. The number of hydrogen-bond donors (Lipinski definition) is 3. The maximum absolute atomic E-state index is 9.45. The molecule has 0 radical (unpaired) electrons. The van der Waals surface area contributed by atoms with E-state index >= 15 is 0 Å². The van der Waals surface area contributed by atoms with Gasteiger partial charge in [0.25, 0.3) is 0 Å². The Morgan fingerprint density at radius 1 is 0.262 bits per heavy atom. The molecule has 6 aromatic carbocycles. The molecule has 0 aliphatic carbocycles. The number of phenolic OH excluding ortho intramolecular Hbond substituents is 3. The Morgan fingerprint density at radius 3 is 0.714 bits per heavy atom. The molecule has 0 spiro atoms. The average molecular weight is 559 g/mol. The summed E-state index contributed by atoms with van der Waals surface area (Å²) in [5.74, 6) is 4.01.